The van der Waals surface area contributed by atoms with E-state index < -0.39 is 6.10 Å². The average Bonchev–Trinajstić information content (AvgIpc) is 2.57. The van der Waals surface area contributed by atoms with Crippen LogP contribution in [0.4, 0.5) is 5.69 Å². The topological polar surface area (TPSA) is 38.3 Å². The molecule has 0 aliphatic heterocycles. The molecule has 1 amide bonds. The number of amides is 1. The summed E-state index contributed by atoms with van der Waals surface area (Å²) in [7, 11) is 0. The number of nitrogens with one attached hydrogen (secondary N) is 1. The molecule has 0 bridgehead atoms. The first kappa shape index (κ1) is 16.8. The van der Waals surface area contributed by atoms with Crippen LogP contribution in [-0.2, 0) is 4.79 Å². The van der Waals surface area contributed by atoms with Crippen molar-refractivity contribution in [1.29, 1.82) is 0 Å². The van der Waals surface area contributed by atoms with Crippen LogP contribution in [0.3, 0.4) is 0 Å². The summed E-state index contributed by atoms with van der Waals surface area (Å²) in [6.07, 6.45) is -0.617. The van der Waals surface area contributed by atoms with Crippen molar-refractivity contribution in [2.24, 2.45) is 0 Å². The molecule has 0 spiro atoms. The minimum Gasteiger partial charge on any atom is -0.481 e. The molecule has 0 heterocycles. The van der Waals surface area contributed by atoms with E-state index in [-0.39, 0.29) is 5.91 Å². The number of hydrogen-bond acceptors (Lipinski definition) is 2. The molecule has 0 aliphatic rings. The second kappa shape index (κ2) is 7.24. The molecule has 122 valence electrons. The largest absolute Gasteiger partial charge is 0.481 e. The summed E-state index contributed by atoms with van der Waals surface area (Å²) in [5.74, 6) is 0.441. The molecule has 0 radical (unpaired) electrons. The van der Waals surface area contributed by atoms with Gasteiger partial charge in [-0.05, 0) is 66.2 Å². The Morgan fingerprint density at radius 3 is 2.46 bits per heavy atom. The third kappa shape index (κ3) is 4.08. The lowest BCUT2D eigenvalue weighted by Gasteiger charge is -2.15. The lowest BCUT2D eigenvalue weighted by Crippen LogP contribution is -2.30. The van der Waals surface area contributed by atoms with E-state index in [0.29, 0.717) is 16.5 Å². The van der Waals surface area contributed by atoms with Gasteiger partial charge in [-0.15, -0.1) is 0 Å². The van der Waals surface area contributed by atoms with Crippen molar-refractivity contribution in [3.05, 3.63) is 70.2 Å². The van der Waals surface area contributed by atoms with Gasteiger partial charge in [-0.1, -0.05) is 39.7 Å². The molecule has 5 heteroatoms. The normalized spacial score (nSPS) is 12.0. The van der Waals surface area contributed by atoms with Gasteiger partial charge in [0.2, 0.25) is 0 Å². The monoisotopic (exact) mass is 403 g/mol. The van der Waals surface area contributed by atoms with Crippen LogP contribution < -0.4 is 10.1 Å². The quantitative estimate of drug-likeness (QED) is 0.609. The van der Waals surface area contributed by atoms with E-state index in [2.05, 4.69) is 21.2 Å². The van der Waals surface area contributed by atoms with E-state index in [1.807, 2.05) is 36.4 Å². The van der Waals surface area contributed by atoms with Crippen LogP contribution in [0.15, 0.2) is 65.1 Å². The van der Waals surface area contributed by atoms with Crippen LogP contribution in [0.25, 0.3) is 10.8 Å². The first-order chi connectivity index (χ1) is 11.5. The molecule has 3 aromatic carbocycles. The highest BCUT2D eigenvalue weighted by Crippen LogP contribution is 2.25. The number of fused-ring (bicyclic) bond motifs is 1. The molecule has 0 saturated carbocycles. The Balaban J connectivity index is 1.69. The Kier molecular flexibility index (Phi) is 5.07. The van der Waals surface area contributed by atoms with Gasteiger partial charge in [-0.3, -0.25) is 4.79 Å². The Morgan fingerprint density at radius 1 is 1.04 bits per heavy atom. The molecule has 0 aromatic heterocycles. The van der Waals surface area contributed by atoms with Gasteiger partial charge in [0, 0.05) is 15.2 Å². The molecule has 1 N–H and O–H groups in total. The third-order valence-electron chi connectivity index (χ3n) is 3.57. The maximum Gasteiger partial charge on any atom is 0.265 e. The minimum atomic E-state index is -0.617. The summed E-state index contributed by atoms with van der Waals surface area (Å²) in [4.78, 5) is 12.2. The van der Waals surface area contributed by atoms with Gasteiger partial charge in [-0.2, -0.15) is 0 Å². The Bertz CT molecular complexity index is 880. The zero-order valence-electron chi connectivity index (χ0n) is 12.9. The summed E-state index contributed by atoms with van der Waals surface area (Å²) in [5, 5.41) is 5.59. The predicted octanol–water partition coefficient (Wildman–Crippen LogP) is 5.66. The maximum atomic E-state index is 12.2. The zero-order chi connectivity index (χ0) is 17.1. The van der Waals surface area contributed by atoms with Crippen LogP contribution >= 0.6 is 27.5 Å². The molecule has 24 heavy (non-hydrogen) atoms. The smallest absolute Gasteiger partial charge is 0.265 e. The van der Waals surface area contributed by atoms with E-state index in [4.69, 9.17) is 16.3 Å². The fourth-order valence-electron chi connectivity index (χ4n) is 2.30. The molecule has 3 aromatic rings. The molecular weight excluding hydrogens is 390 g/mol. The second-order valence-electron chi connectivity index (χ2n) is 5.41. The van der Waals surface area contributed by atoms with Crippen LogP contribution in [0, 0.1) is 0 Å². The van der Waals surface area contributed by atoms with Gasteiger partial charge in [0.1, 0.15) is 5.75 Å². The second-order valence-corrected chi connectivity index (χ2v) is 6.76. The van der Waals surface area contributed by atoms with Gasteiger partial charge in [0.15, 0.2) is 6.10 Å². The number of carbonyl (C=O) groups excluding carboxylic acids is 1. The molecular formula is C19H15BrClNO2. The van der Waals surface area contributed by atoms with Crippen molar-refractivity contribution in [2.75, 3.05) is 5.32 Å². The number of rotatable bonds is 4. The molecule has 0 aliphatic carbocycles. The highest BCUT2D eigenvalue weighted by Gasteiger charge is 2.15. The number of ether oxygens (including phenoxy) is 1. The van der Waals surface area contributed by atoms with Crippen molar-refractivity contribution in [1.82, 2.24) is 0 Å². The average molecular weight is 405 g/mol. The summed E-state index contributed by atoms with van der Waals surface area (Å²) in [6, 6.07) is 18.7. The fraction of sp³-hybridized carbons (Fsp3) is 0.105. The molecule has 3 nitrogen and oxygen atoms in total. The molecule has 3 rings (SSSR count). The van der Waals surface area contributed by atoms with E-state index in [0.717, 1.165) is 15.2 Å². The lowest BCUT2D eigenvalue weighted by molar-refractivity contribution is -0.122. The van der Waals surface area contributed by atoms with E-state index in [1.54, 1.807) is 31.2 Å². The first-order valence-corrected chi connectivity index (χ1v) is 8.61. The van der Waals surface area contributed by atoms with Crippen LogP contribution in [0.1, 0.15) is 6.92 Å². The molecule has 0 unspecified atom stereocenters. The van der Waals surface area contributed by atoms with E-state index >= 15 is 0 Å². The number of anilines is 1. The van der Waals surface area contributed by atoms with Gasteiger partial charge < -0.3 is 10.1 Å². The first-order valence-electron chi connectivity index (χ1n) is 7.44. The lowest BCUT2D eigenvalue weighted by atomic mass is 10.1. The summed E-state index contributed by atoms with van der Waals surface area (Å²) < 4.78 is 6.79. The van der Waals surface area contributed by atoms with Gasteiger partial charge in [-0.25, -0.2) is 0 Å². The van der Waals surface area contributed by atoms with Crippen LogP contribution in [0.2, 0.25) is 5.02 Å². The minimum absolute atomic E-state index is 0.215. The maximum absolute atomic E-state index is 12.2. The number of hydrogen-bond donors (Lipinski definition) is 1. The molecule has 0 fully saturated rings. The Labute approximate surface area is 153 Å². The standard InChI is InChI=1S/C19H15BrClNO2/c1-12(19(23)22-17-7-5-16(21)6-8-17)24-18-9-3-13-10-15(20)4-2-14(13)11-18/h2-12H,1H3,(H,22,23)/t12-/m1/s1. The highest BCUT2D eigenvalue weighted by atomic mass is 79.9. The number of carbonyl (C=O) groups is 1. The predicted molar refractivity (Wildman–Crippen MR) is 102 cm³/mol. The van der Waals surface area contributed by atoms with Gasteiger partial charge >= 0.3 is 0 Å². The fourth-order valence-corrected chi connectivity index (χ4v) is 2.81. The van der Waals surface area contributed by atoms with Crippen LogP contribution in [-0.4, -0.2) is 12.0 Å². The zero-order valence-corrected chi connectivity index (χ0v) is 15.3. The SMILES string of the molecule is C[C@@H](Oc1ccc2cc(Br)ccc2c1)C(=O)Nc1ccc(Cl)cc1. The highest BCUT2D eigenvalue weighted by molar-refractivity contribution is 9.10. The van der Waals surface area contributed by atoms with E-state index in [9.17, 15) is 4.79 Å². The van der Waals surface area contributed by atoms with Crippen LogP contribution in [0.5, 0.6) is 5.75 Å². The Hall–Kier alpha value is -2.04. The van der Waals surface area contributed by atoms with Gasteiger partial charge in [0.25, 0.3) is 5.91 Å². The summed E-state index contributed by atoms with van der Waals surface area (Å²) >= 11 is 9.29. The van der Waals surface area contributed by atoms with Crippen molar-refractivity contribution < 1.29 is 9.53 Å². The summed E-state index contributed by atoms with van der Waals surface area (Å²) in [5.41, 5.74) is 0.684. The van der Waals surface area contributed by atoms with Crippen molar-refractivity contribution in [3.8, 4) is 5.75 Å². The van der Waals surface area contributed by atoms with Crippen molar-refractivity contribution in [3.63, 3.8) is 0 Å². The Morgan fingerprint density at radius 2 is 1.71 bits per heavy atom. The molecule has 1 atom stereocenters. The van der Waals surface area contributed by atoms with E-state index in [1.165, 1.54) is 0 Å². The van der Waals surface area contributed by atoms with Crippen molar-refractivity contribution >= 4 is 49.9 Å². The summed E-state index contributed by atoms with van der Waals surface area (Å²) in [6.45, 7) is 1.72. The third-order valence-corrected chi connectivity index (χ3v) is 4.31. The number of halogens is 2. The molecule has 0 saturated heterocycles. The number of benzene rings is 3. The van der Waals surface area contributed by atoms with Gasteiger partial charge in [0.05, 0.1) is 0 Å². The van der Waals surface area contributed by atoms with Crippen molar-refractivity contribution in [2.45, 2.75) is 13.0 Å².